The molecule has 2 atom stereocenters. The van der Waals surface area contributed by atoms with Gasteiger partial charge in [-0.15, -0.1) is 4.80 Å². The van der Waals surface area contributed by atoms with Crippen molar-refractivity contribution in [1.29, 1.82) is 0 Å². The number of hydrogen-bond donors (Lipinski definition) is 0. The summed E-state index contributed by atoms with van der Waals surface area (Å²) in [6.07, 6.45) is 7.45. The van der Waals surface area contributed by atoms with Crippen molar-refractivity contribution >= 4 is 62.7 Å². The fraction of sp³-hybridized carbons (Fsp3) is 0.407. The van der Waals surface area contributed by atoms with Gasteiger partial charge in [-0.3, -0.25) is 9.59 Å². The van der Waals surface area contributed by atoms with Crippen molar-refractivity contribution in [3.05, 3.63) is 56.9 Å². The molecule has 10 nitrogen and oxygen atoms in total. The molecule has 0 spiro atoms. The molecule has 4 aromatic heterocycles. The average molecular weight is 677 g/mol. The minimum atomic E-state index is -0.369. The number of rotatable bonds is 5. The highest BCUT2D eigenvalue weighted by molar-refractivity contribution is 14.1. The van der Waals surface area contributed by atoms with E-state index in [-0.39, 0.29) is 41.6 Å². The van der Waals surface area contributed by atoms with E-state index in [1.807, 2.05) is 10.8 Å². The lowest BCUT2D eigenvalue weighted by molar-refractivity contribution is -0.134. The molecule has 13 heteroatoms. The Bertz CT molecular complexity index is 1610. The molecule has 2 aliphatic heterocycles. The zero-order chi connectivity index (χ0) is 28.3. The molecule has 6 heterocycles. The van der Waals surface area contributed by atoms with E-state index in [2.05, 4.69) is 56.5 Å². The summed E-state index contributed by atoms with van der Waals surface area (Å²) in [5.41, 5.74) is 1.18. The number of likely N-dealkylation sites (tertiary alicyclic amines) is 1. The van der Waals surface area contributed by atoms with Gasteiger partial charge in [-0.2, -0.15) is 10.2 Å². The quantitative estimate of drug-likeness (QED) is 0.223. The monoisotopic (exact) mass is 676 g/mol. The molecule has 0 aliphatic carbocycles. The number of ketones is 1. The van der Waals surface area contributed by atoms with Gasteiger partial charge in [0.15, 0.2) is 11.6 Å². The van der Waals surface area contributed by atoms with E-state index in [1.165, 1.54) is 17.1 Å². The molecule has 0 N–H and O–H groups in total. The molecule has 4 aromatic rings. The summed E-state index contributed by atoms with van der Waals surface area (Å²) in [6, 6.07) is 3.28. The molecule has 1 amide bonds. The van der Waals surface area contributed by atoms with E-state index in [4.69, 9.17) is 16.6 Å². The first kappa shape index (κ1) is 27.1. The van der Waals surface area contributed by atoms with Crippen LogP contribution in [0.2, 0.25) is 5.02 Å². The van der Waals surface area contributed by atoms with Gasteiger partial charge in [-0.1, -0.05) is 11.6 Å². The van der Waals surface area contributed by atoms with Crippen molar-refractivity contribution in [2.24, 2.45) is 5.92 Å². The van der Waals surface area contributed by atoms with Crippen molar-refractivity contribution < 1.29 is 14.0 Å². The van der Waals surface area contributed by atoms with Crippen LogP contribution in [0.4, 0.5) is 10.2 Å². The first-order chi connectivity index (χ1) is 19.1. The molecule has 0 bridgehead atoms. The molecule has 40 heavy (non-hydrogen) atoms. The molecule has 0 saturated carbocycles. The highest BCUT2D eigenvalue weighted by Crippen LogP contribution is 2.38. The van der Waals surface area contributed by atoms with Crippen LogP contribution in [0.15, 0.2) is 36.9 Å². The standard InChI is InChI=1S/C27H27ClFIN8O2/c1-14-6-17(7-15(2)37(14)27-23(30)8-18(29)10-31-27)24(40)21-13-36(19-11-35(12-19)16(3)39)25-20(21)9-22(28)26(34-25)38-32-4-5-33-38/h4-5,8-10,13-15,17,19H,6-7,11-12H2,1-3H3/t14-,15-/m1/s1. The van der Waals surface area contributed by atoms with E-state index >= 15 is 0 Å². The number of amides is 1. The molecular weight excluding hydrogens is 650 g/mol. The number of nitrogens with zero attached hydrogens (tertiary/aromatic N) is 8. The molecule has 2 saturated heterocycles. The molecule has 2 aliphatic rings. The normalized spacial score (nSPS) is 21.6. The number of hydrogen-bond acceptors (Lipinski definition) is 7. The molecule has 0 unspecified atom stereocenters. The summed E-state index contributed by atoms with van der Waals surface area (Å²) < 4.78 is 16.4. The van der Waals surface area contributed by atoms with Gasteiger partial charge < -0.3 is 14.4 Å². The van der Waals surface area contributed by atoms with Crippen LogP contribution in [0.1, 0.15) is 50.0 Å². The second-order valence-electron chi connectivity index (χ2n) is 10.6. The smallest absolute Gasteiger partial charge is 0.219 e. The van der Waals surface area contributed by atoms with Gasteiger partial charge in [-0.25, -0.2) is 14.4 Å². The largest absolute Gasteiger partial charge is 0.350 e. The summed E-state index contributed by atoms with van der Waals surface area (Å²) in [7, 11) is 0. The Hall–Kier alpha value is -3.13. The maximum absolute atomic E-state index is 14.1. The lowest BCUT2D eigenvalue weighted by Gasteiger charge is -2.43. The predicted octanol–water partition coefficient (Wildman–Crippen LogP) is 4.69. The SMILES string of the molecule is CC(=O)N1CC(n2cc(C(=O)C3C[C@@H](C)N(c4ncc(F)cc4I)[C@H](C)C3)c3cc(Cl)c(-n4nccn4)nc32)C1. The van der Waals surface area contributed by atoms with Crippen LogP contribution < -0.4 is 4.90 Å². The Labute approximate surface area is 248 Å². The van der Waals surface area contributed by atoms with Crippen LogP contribution in [-0.2, 0) is 4.79 Å². The van der Waals surface area contributed by atoms with Gasteiger partial charge in [0.2, 0.25) is 5.91 Å². The van der Waals surface area contributed by atoms with Gasteiger partial charge in [0.25, 0.3) is 0 Å². The average Bonchev–Trinajstić information content (AvgIpc) is 3.51. The van der Waals surface area contributed by atoms with Gasteiger partial charge in [-0.05, 0) is 61.4 Å². The molecule has 0 radical (unpaired) electrons. The Morgan fingerprint density at radius 2 is 1.75 bits per heavy atom. The Kier molecular flexibility index (Phi) is 7.01. The zero-order valence-electron chi connectivity index (χ0n) is 22.1. The summed E-state index contributed by atoms with van der Waals surface area (Å²) in [5, 5.41) is 9.35. The molecular formula is C27H27ClFIN8O2. The van der Waals surface area contributed by atoms with Crippen LogP contribution in [0, 0.1) is 15.3 Å². The zero-order valence-corrected chi connectivity index (χ0v) is 25.0. The lowest BCUT2D eigenvalue weighted by atomic mass is 9.82. The summed E-state index contributed by atoms with van der Waals surface area (Å²) >= 11 is 8.75. The molecule has 0 aromatic carbocycles. The van der Waals surface area contributed by atoms with E-state index in [1.54, 1.807) is 30.3 Å². The van der Waals surface area contributed by atoms with Crippen molar-refractivity contribution in [2.75, 3.05) is 18.0 Å². The molecule has 2 fully saturated rings. The Balaban J connectivity index is 1.35. The van der Waals surface area contributed by atoms with E-state index < -0.39 is 0 Å². The lowest BCUT2D eigenvalue weighted by Crippen LogP contribution is -2.49. The number of carbonyl (C=O) groups is 2. The number of piperidine rings is 1. The maximum atomic E-state index is 14.1. The van der Waals surface area contributed by atoms with E-state index in [0.29, 0.717) is 53.4 Å². The number of fused-ring (bicyclic) bond motifs is 1. The second-order valence-corrected chi connectivity index (χ2v) is 12.2. The summed E-state index contributed by atoms with van der Waals surface area (Å²) in [5.74, 6) is 0.569. The van der Waals surface area contributed by atoms with E-state index in [9.17, 15) is 14.0 Å². The Morgan fingerprint density at radius 3 is 2.38 bits per heavy atom. The fourth-order valence-electron chi connectivity index (χ4n) is 5.99. The van der Waals surface area contributed by atoms with Gasteiger partial charge in [0.1, 0.15) is 17.3 Å². The highest BCUT2D eigenvalue weighted by atomic mass is 127. The van der Waals surface area contributed by atoms with Gasteiger partial charge in [0, 0.05) is 55.2 Å². The maximum Gasteiger partial charge on any atom is 0.219 e. The minimum Gasteiger partial charge on any atom is -0.350 e. The second kappa shape index (κ2) is 10.4. The summed E-state index contributed by atoms with van der Waals surface area (Å²) in [4.78, 5) is 40.4. The third-order valence-electron chi connectivity index (χ3n) is 7.92. The first-order valence-electron chi connectivity index (χ1n) is 13.1. The third-order valence-corrected chi connectivity index (χ3v) is 8.99. The number of carbonyl (C=O) groups excluding carboxylic acids is 2. The van der Waals surface area contributed by atoms with Crippen molar-refractivity contribution in [2.45, 2.75) is 51.7 Å². The highest BCUT2D eigenvalue weighted by Gasteiger charge is 2.38. The molecule has 208 valence electrons. The number of anilines is 1. The van der Waals surface area contributed by atoms with Crippen LogP contribution in [0.3, 0.4) is 0 Å². The number of Topliss-reactive ketones (excluding diaryl/α,β-unsaturated/α-hetero) is 1. The van der Waals surface area contributed by atoms with Crippen LogP contribution in [0.25, 0.3) is 16.9 Å². The van der Waals surface area contributed by atoms with Crippen molar-refractivity contribution in [3.63, 3.8) is 0 Å². The first-order valence-corrected chi connectivity index (χ1v) is 14.5. The van der Waals surface area contributed by atoms with Crippen molar-refractivity contribution in [1.82, 2.24) is 34.4 Å². The topological polar surface area (TPSA) is 102 Å². The number of pyridine rings is 2. The van der Waals surface area contributed by atoms with Crippen LogP contribution in [0.5, 0.6) is 0 Å². The van der Waals surface area contributed by atoms with Crippen molar-refractivity contribution in [3.8, 4) is 5.82 Å². The number of halogens is 3. The molecule has 6 rings (SSSR count). The third kappa shape index (κ3) is 4.64. The predicted molar refractivity (Wildman–Crippen MR) is 156 cm³/mol. The Morgan fingerprint density at radius 1 is 1.07 bits per heavy atom. The van der Waals surface area contributed by atoms with Gasteiger partial charge >= 0.3 is 0 Å². The van der Waals surface area contributed by atoms with Gasteiger partial charge in [0.05, 0.1) is 33.2 Å². The number of aromatic nitrogens is 6. The summed E-state index contributed by atoms with van der Waals surface area (Å²) in [6.45, 7) is 6.79. The van der Waals surface area contributed by atoms with Crippen LogP contribution in [-0.4, -0.2) is 71.3 Å². The van der Waals surface area contributed by atoms with E-state index in [0.717, 1.165) is 9.39 Å². The minimum absolute atomic E-state index is 0.00798. The fourth-order valence-corrected chi connectivity index (χ4v) is 6.94. The van der Waals surface area contributed by atoms with Crippen LogP contribution >= 0.6 is 34.2 Å².